The molecule has 0 amide bonds. The fraction of sp³-hybridized carbons (Fsp3) is 0.529. The van der Waals surface area contributed by atoms with Gasteiger partial charge in [0, 0.05) is 0 Å². The van der Waals surface area contributed by atoms with Crippen LogP contribution in [0.1, 0.15) is 51.3 Å². The summed E-state index contributed by atoms with van der Waals surface area (Å²) in [6.07, 6.45) is 0. The Morgan fingerprint density at radius 1 is 1.00 bits per heavy atom. The maximum atomic E-state index is 14.7. The molecule has 0 aliphatic carbocycles. The molecule has 0 aromatic heterocycles. The van der Waals surface area contributed by atoms with Crippen LogP contribution in [0, 0.1) is 13.8 Å². The van der Waals surface area contributed by atoms with Gasteiger partial charge in [-0.1, -0.05) is 18.2 Å². The second-order valence-electron chi connectivity index (χ2n) is 6.86. The highest BCUT2D eigenvalue weighted by atomic mass is 19.1. The molecule has 1 aliphatic rings. The summed E-state index contributed by atoms with van der Waals surface area (Å²) in [6.45, 7) is 13.5. The van der Waals surface area contributed by atoms with Crippen molar-refractivity contribution >= 4 is 12.7 Å². The molecule has 0 spiro atoms. The molecule has 21 heavy (non-hydrogen) atoms. The minimum Gasteiger partial charge on any atom is -0.398 e. The minimum atomic E-state index is -0.934. The second-order valence-corrected chi connectivity index (χ2v) is 6.86. The van der Waals surface area contributed by atoms with Crippen molar-refractivity contribution in [3.63, 3.8) is 0 Å². The third-order valence-corrected chi connectivity index (χ3v) is 4.76. The lowest BCUT2D eigenvalue weighted by Gasteiger charge is -2.32. The Hall–Kier alpha value is -1.13. The topological polar surface area (TPSA) is 18.5 Å². The summed E-state index contributed by atoms with van der Waals surface area (Å²) in [5, 5.41) is 0. The Kier molecular flexibility index (Phi) is 4.07. The number of hydrogen-bond donors (Lipinski definition) is 0. The van der Waals surface area contributed by atoms with E-state index in [4.69, 9.17) is 9.31 Å². The van der Waals surface area contributed by atoms with Crippen molar-refractivity contribution in [2.24, 2.45) is 0 Å². The van der Waals surface area contributed by atoms with Gasteiger partial charge in [0.25, 0.3) is 0 Å². The smallest absolute Gasteiger partial charge is 0.398 e. The maximum Gasteiger partial charge on any atom is 0.525 e. The molecule has 1 fully saturated rings. The quantitative estimate of drug-likeness (QED) is 0.739. The molecule has 114 valence electrons. The summed E-state index contributed by atoms with van der Waals surface area (Å²) >= 11 is 0. The van der Waals surface area contributed by atoms with E-state index in [0.29, 0.717) is 5.57 Å². The standard InChI is InChI=1S/C17H24BFO2/c1-11-8-9-14(10-12(11)2)13(3)15(19)18-20-16(4,5)17(6,7)21-18/h8-10H,1-7H3. The number of aryl methyl sites for hydroxylation is 2. The van der Waals surface area contributed by atoms with E-state index in [1.807, 2.05) is 59.7 Å². The summed E-state index contributed by atoms with van der Waals surface area (Å²) in [5.41, 5.74) is 2.37. The number of rotatable bonds is 2. The minimum absolute atomic E-state index is 0.350. The lowest BCUT2D eigenvalue weighted by Crippen LogP contribution is -2.41. The zero-order chi connectivity index (χ0) is 16.0. The van der Waals surface area contributed by atoms with Gasteiger partial charge in [0.1, 0.15) is 5.73 Å². The number of halogens is 1. The van der Waals surface area contributed by atoms with Crippen molar-refractivity contribution in [3.8, 4) is 0 Å². The van der Waals surface area contributed by atoms with E-state index in [9.17, 15) is 4.39 Å². The Morgan fingerprint density at radius 2 is 1.52 bits per heavy atom. The Labute approximate surface area is 127 Å². The zero-order valence-corrected chi connectivity index (χ0v) is 14.0. The lowest BCUT2D eigenvalue weighted by molar-refractivity contribution is 0.00578. The number of benzene rings is 1. The van der Waals surface area contributed by atoms with Crippen LogP contribution in [0.15, 0.2) is 23.9 Å². The van der Waals surface area contributed by atoms with E-state index >= 15 is 0 Å². The average molecular weight is 290 g/mol. The molecule has 1 aromatic carbocycles. The first-order valence-electron chi connectivity index (χ1n) is 7.35. The van der Waals surface area contributed by atoms with Gasteiger partial charge in [-0.05, 0) is 70.7 Å². The first-order chi connectivity index (χ1) is 9.55. The molecule has 0 unspecified atom stereocenters. The molecule has 0 atom stereocenters. The van der Waals surface area contributed by atoms with Crippen LogP contribution in [0.5, 0.6) is 0 Å². The largest absolute Gasteiger partial charge is 0.525 e. The van der Waals surface area contributed by atoms with E-state index in [-0.39, 0.29) is 5.73 Å². The van der Waals surface area contributed by atoms with E-state index in [2.05, 4.69) is 0 Å². The molecule has 0 bridgehead atoms. The van der Waals surface area contributed by atoms with Crippen LogP contribution in [-0.4, -0.2) is 18.3 Å². The van der Waals surface area contributed by atoms with Gasteiger partial charge in [-0.25, -0.2) is 4.39 Å². The highest BCUT2D eigenvalue weighted by molar-refractivity contribution is 6.55. The predicted molar refractivity (Wildman–Crippen MR) is 85.7 cm³/mol. The van der Waals surface area contributed by atoms with Gasteiger partial charge < -0.3 is 9.31 Å². The molecule has 2 nitrogen and oxygen atoms in total. The van der Waals surface area contributed by atoms with Crippen molar-refractivity contribution in [1.29, 1.82) is 0 Å². The summed E-state index contributed by atoms with van der Waals surface area (Å²) < 4.78 is 26.3. The molecule has 0 saturated carbocycles. The van der Waals surface area contributed by atoms with E-state index in [1.54, 1.807) is 6.92 Å². The van der Waals surface area contributed by atoms with Crippen LogP contribution in [0.25, 0.3) is 5.57 Å². The first-order valence-corrected chi connectivity index (χ1v) is 7.35. The number of allylic oxidation sites excluding steroid dienone is 1. The van der Waals surface area contributed by atoms with Gasteiger partial charge in [-0.15, -0.1) is 0 Å². The molecular weight excluding hydrogens is 266 g/mol. The van der Waals surface area contributed by atoms with Crippen LogP contribution >= 0.6 is 0 Å². The van der Waals surface area contributed by atoms with E-state index in [0.717, 1.165) is 11.1 Å². The fourth-order valence-corrected chi connectivity index (χ4v) is 2.24. The molecule has 1 heterocycles. The van der Waals surface area contributed by atoms with Gasteiger partial charge in [0.05, 0.1) is 11.2 Å². The molecule has 0 radical (unpaired) electrons. The van der Waals surface area contributed by atoms with Gasteiger partial charge in [-0.3, -0.25) is 0 Å². The van der Waals surface area contributed by atoms with Crippen molar-refractivity contribution in [2.75, 3.05) is 0 Å². The van der Waals surface area contributed by atoms with Gasteiger partial charge >= 0.3 is 7.12 Å². The first kappa shape index (κ1) is 16.2. The monoisotopic (exact) mass is 290 g/mol. The fourth-order valence-electron chi connectivity index (χ4n) is 2.24. The van der Waals surface area contributed by atoms with Crippen LogP contribution in [0.3, 0.4) is 0 Å². The van der Waals surface area contributed by atoms with Crippen molar-refractivity contribution in [1.82, 2.24) is 0 Å². The summed E-state index contributed by atoms with van der Waals surface area (Å²) in [7, 11) is -0.934. The van der Waals surface area contributed by atoms with Gasteiger partial charge in [0.2, 0.25) is 0 Å². The van der Waals surface area contributed by atoms with Crippen LogP contribution < -0.4 is 0 Å². The van der Waals surface area contributed by atoms with Crippen molar-refractivity contribution < 1.29 is 13.7 Å². The third-order valence-electron chi connectivity index (χ3n) is 4.76. The summed E-state index contributed by atoms with van der Waals surface area (Å²) in [6, 6.07) is 5.93. The predicted octanol–water partition coefficient (Wildman–Crippen LogP) is 4.64. The molecule has 2 rings (SSSR count). The summed E-state index contributed by atoms with van der Waals surface area (Å²) in [4.78, 5) is 0. The second kappa shape index (κ2) is 5.26. The van der Waals surface area contributed by atoms with Gasteiger partial charge in [0.15, 0.2) is 0 Å². The average Bonchev–Trinajstić information content (AvgIpc) is 2.60. The molecule has 1 saturated heterocycles. The highest BCUT2D eigenvalue weighted by Gasteiger charge is 2.53. The van der Waals surface area contributed by atoms with E-state index in [1.165, 1.54) is 5.56 Å². The van der Waals surface area contributed by atoms with Crippen molar-refractivity contribution in [2.45, 2.75) is 59.7 Å². The molecular formula is C17H24BFO2. The normalized spacial score (nSPS) is 21.4. The molecule has 0 N–H and O–H groups in total. The van der Waals surface area contributed by atoms with Crippen LogP contribution in [0.4, 0.5) is 4.39 Å². The highest BCUT2D eigenvalue weighted by Crippen LogP contribution is 2.40. The zero-order valence-electron chi connectivity index (χ0n) is 14.0. The number of hydrogen-bond acceptors (Lipinski definition) is 2. The Balaban J connectivity index is 2.34. The summed E-state index contributed by atoms with van der Waals surface area (Å²) in [5.74, 6) is 0. The SMILES string of the molecule is CC(=C(F)B1OC(C)(C)C(C)(C)O1)c1ccc(C)c(C)c1. The molecule has 1 aromatic rings. The Morgan fingerprint density at radius 3 is 2.00 bits per heavy atom. The molecule has 1 aliphatic heterocycles. The molecule has 4 heteroatoms. The lowest BCUT2D eigenvalue weighted by atomic mass is 9.83. The van der Waals surface area contributed by atoms with E-state index < -0.39 is 18.3 Å². The maximum absolute atomic E-state index is 14.7. The van der Waals surface area contributed by atoms with Crippen LogP contribution in [-0.2, 0) is 9.31 Å². The van der Waals surface area contributed by atoms with Gasteiger partial charge in [-0.2, -0.15) is 0 Å². The Bertz CT molecular complexity index is 574. The van der Waals surface area contributed by atoms with Crippen LogP contribution in [0.2, 0.25) is 0 Å². The van der Waals surface area contributed by atoms with Crippen molar-refractivity contribution in [3.05, 3.63) is 40.6 Å². The third kappa shape index (κ3) is 2.92.